The van der Waals surface area contributed by atoms with Crippen LogP contribution >= 0.6 is 0 Å². The molecule has 1 aromatic carbocycles. The molecule has 0 saturated carbocycles. The highest BCUT2D eigenvalue weighted by molar-refractivity contribution is 5.36. The second kappa shape index (κ2) is 6.03. The van der Waals surface area contributed by atoms with E-state index in [2.05, 4.69) is 18.3 Å². The van der Waals surface area contributed by atoms with Gasteiger partial charge in [0, 0.05) is 18.7 Å². The van der Waals surface area contributed by atoms with Crippen LogP contribution in [0.4, 0.5) is 0 Å². The number of nitrogens with one attached hydrogen (secondary N) is 1. The van der Waals surface area contributed by atoms with Crippen LogP contribution in [0.5, 0.6) is 5.75 Å². The van der Waals surface area contributed by atoms with Crippen LogP contribution < -0.4 is 10.1 Å². The molecule has 0 aliphatic carbocycles. The van der Waals surface area contributed by atoms with Gasteiger partial charge in [-0.25, -0.2) is 0 Å². The van der Waals surface area contributed by atoms with Gasteiger partial charge in [-0.3, -0.25) is 0 Å². The van der Waals surface area contributed by atoms with E-state index in [1.165, 1.54) is 5.56 Å². The molecule has 0 aromatic heterocycles. The fourth-order valence-corrected chi connectivity index (χ4v) is 1.64. The minimum atomic E-state index is -0.642. The molecule has 17 heavy (non-hydrogen) atoms. The molecule has 0 aliphatic rings. The van der Waals surface area contributed by atoms with Crippen molar-refractivity contribution in [2.45, 2.75) is 39.3 Å². The average molecular weight is 237 g/mol. The molecule has 1 aromatic rings. The van der Waals surface area contributed by atoms with E-state index < -0.39 is 5.60 Å². The Balaban J connectivity index is 2.59. The maximum Gasteiger partial charge on any atom is 0.123 e. The zero-order valence-electron chi connectivity index (χ0n) is 11.2. The van der Waals surface area contributed by atoms with Gasteiger partial charge in [0.2, 0.25) is 0 Å². The van der Waals surface area contributed by atoms with Crippen LogP contribution in [0.15, 0.2) is 18.2 Å². The molecule has 1 unspecified atom stereocenters. The van der Waals surface area contributed by atoms with E-state index in [1.807, 2.05) is 26.0 Å². The molecule has 0 heterocycles. The van der Waals surface area contributed by atoms with Crippen molar-refractivity contribution in [2.24, 2.45) is 0 Å². The molecule has 2 N–H and O–H groups in total. The van der Waals surface area contributed by atoms with Crippen molar-refractivity contribution in [3.63, 3.8) is 0 Å². The SMILES string of the molecule is CCC(C)(O)CNCc1cc(C)ccc1OC. The molecular formula is C14H23NO2. The Hall–Kier alpha value is -1.06. The number of benzene rings is 1. The molecule has 0 aliphatic heterocycles. The van der Waals surface area contributed by atoms with E-state index in [1.54, 1.807) is 7.11 Å². The van der Waals surface area contributed by atoms with Gasteiger partial charge in [0.25, 0.3) is 0 Å². The van der Waals surface area contributed by atoms with Crippen molar-refractivity contribution < 1.29 is 9.84 Å². The summed E-state index contributed by atoms with van der Waals surface area (Å²) in [7, 11) is 1.68. The van der Waals surface area contributed by atoms with Crippen LogP contribution in [0.25, 0.3) is 0 Å². The number of ether oxygens (including phenoxy) is 1. The van der Waals surface area contributed by atoms with Gasteiger partial charge in [-0.2, -0.15) is 0 Å². The molecule has 3 nitrogen and oxygen atoms in total. The fraction of sp³-hybridized carbons (Fsp3) is 0.571. The van der Waals surface area contributed by atoms with Gasteiger partial charge in [0.15, 0.2) is 0 Å². The molecule has 0 radical (unpaired) electrons. The third-order valence-electron chi connectivity index (χ3n) is 3.02. The molecule has 0 spiro atoms. The second-order valence-corrected chi connectivity index (χ2v) is 4.77. The van der Waals surface area contributed by atoms with E-state index in [4.69, 9.17) is 4.74 Å². The summed E-state index contributed by atoms with van der Waals surface area (Å²) in [5, 5.41) is 13.2. The number of rotatable bonds is 6. The normalized spacial score (nSPS) is 14.4. The van der Waals surface area contributed by atoms with E-state index in [0.29, 0.717) is 13.1 Å². The molecule has 1 rings (SSSR count). The van der Waals surface area contributed by atoms with Gasteiger partial charge in [0.05, 0.1) is 12.7 Å². The lowest BCUT2D eigenvalue weighted by Crippen LogP contribution is -2.36. The maximum atomic E-state index is 9.89. The van der Waals surface area contributed by atoms with Crippen LogP contribution in [-0.4, -0.2) is 24.4 Å². The lowest BCUT2D eigenvalue weighted by atomic mass is 10.0. The van der Waals surface area contributed by atoms with Crippen molar-refractivity contribution in [1.29, 1.82) is 0 Å². The third kappa shape index (κ3) is 4.36. The number of methoxy groups -OCH3 is 1. The minimum Gasteiger partial charge on any atom is -0.496 e. The van der Waals surface area contributed by atoms with Gasteiger partial charge in [-0.05, 0) is 26.3 Å². The summed E-state index contributed by atoms with van der Waals surface area (Å²) in [6, 6.07) is 6.11. The predicted octanol–water partition coefficient (Wildman–Crippen LogP) is 2.25. The lowest BCUT2D eigenvalue weighted by Gasteiger charge is -2.22. The lowest BCUT2D eigenvalue weighted by molar-refractivity contribution is 0.0555. The largest absolute Gasteiger partial charge is 0.496 e. The van der Waals surface area contributed by atoms with Gasteiger partial charge in [-0.1, -0.05) is 24.6 Å². The number of aliphatic hydroxyl groups is 1. The van der Waals surface area contributed by atoms with Gasteiger partial charge >= 0.3 is 0 Å². The topological polar surface area (TPSA) is 41.5 Å². The number of hydrogen-bond donors (Lipinski definition) is 2. The van der Waals surface area contributed by atoms with Gasteiger partial charge in [-0.15, -0.1) is 0 Å². The number of aryl methyl sites for hydroxylation is 1. The summed E-state index contributed by atoms with van der Waals surface area (Å²) in [6.07, 6.45) is 0.741. The quantitative estimate of drug-likeness (QED) is 0.797. The first-order valence-electron chi connectivity index (χ1n) is 6.05. The van der Waals surface area contributed by atoms with Crippen molar-refractivity contribution in [3.05, 3.63) is 29.3 Å². The summed E-state index contributed by atoms with van der Waals surface area (Å²) in [5.74, 6) is 0.888. The van der Waals surface area contributed by atoms with Crippen LogP contribution in [0, 0.1) is 6.92 Å². The first kappa shape index (κ1) is 14.0. The van der Waals surface area contributed by atoms with Crippen LogP contribution in [0.2, 0.25) is 0 Å². The third-order valence-corrected chi connectivity index (χ3v) is 3.02. The van der Waals surface area contributed by atoms with Crippen LogP contribution in [-0.2, 0) is 6.54 Å². The fourth-order valence-electron chi connectivity index (χ4n) is 1.64. The number of hydrogen-bond acceptors (Lipinski definition) is 3. The Kier molecular flexibility index (Phi) is 4.97. The predicted molar refractivity (Wildman–Crippen MR) is 70.4 cm³/mol. The highest BCUT2D eigenvalue weighted by Gasteiger charge is 2.16. The Morgan fingerprint density at radius 3 is 2.71 bits per heavy atom. The van der Waals surface area contributed by atoms with Gasteiger partial charge < -0.3 is 15.2 Å². The zero-order valence-corrected chi connectivity index (χ0v) is 11.2. The van der Waals surface area contributed by atoms with Crippen LogP contribution in [0.3, 0.4) is 0 Å². The smallest absolute Gasteiger partial charge is 0.123 e. The molecule has 0 fully saturated rings. The summed E-state index contributed by atoms with van der Waals surface area (Å²) < 4.78 is 5.31. The highest BCUT2D eigenvalue weighted by Crippen LogP contribution is 2.19. The van der Waals surface area contributed by atoms with E-state index >= 15 is 0 Å². The maximum absolute atomic E-state index is 9.89. The van der Waals surface area contributed by atoms with E-state index in [0.717, 1.165) is 17.7 Å². The molecule has 0 bridgehead atoms. The first-order chi connectivity index (χ1) is 7.98. The molecule has 0 saturated heterocycles. The summed E-state index contributed by atoms with van der Waals surface area (Å²) in [4.78, 5) is 0. The molecule has 0 amide bonds. The Morgan fingerprint density at radius 2 is 2.12 bits per heavy atom. The summed E-state index contributed by atoms with van der Waals surface area (Å²) in [5.41, 5.74) is 1.70. The summed E-state index contributed by atoms with van der Waals surface area (Å²) >= 11 is 0. The van der Waals surface area contributed by atoms with Crippen molar-refractivity contribution in [1.82, 2.24) is 5.32 Å². The second-order valence-electron chi connectivity index (χ2n) is 4.77. The molecule has 96 valence electrons. The Morgan fingerprint density at radius 1 is 1.41 bits per heavy atom. The molecular weight excluding hydrogens is 214 g/mol. The highest BCUT2D eigenvalue weighted by atomic mass is 16.5. The van der Waals surface area contributed by atoms with E-state index in [9.17, 15) is 5.11 Å². The molecule has 3 heteroatoms. The van der Waals surface area contributed by atoms with Crippen LogP contribution in [0.1, 0.15) is 31.4 Å². The Labute approximate surface area is 104 Å². The summed E-state index contributed by atoms with van der Waals surface area (Å²) in [6.45, 7) is 7.18. The zero-order chi connectivity index (χ0) is 12.9. The standard InChI is InChI=1S/C14H23NO2/c1-5-14(3,16)10-15-9-12-8-11(2)6-7-13(12)17-4/h6-8,15-16H,5,9-10H2,1-4H3. The van der Waals surface area contributed by atoms with E-state index in [-0.39, 0.29) is 0 Å². The first-order valence-corrected chi connectivity index (χ1v) is 6.05. The van der Waals surface area contributed by atoms with Crippen molar-refractivity contribution >= 4 is 0 Å². The minimum absolute atomic E-state index is 0.584. The van der Waals surface area contributed by atoms with Crippen molar-refractivity contribution in [2.75, 3.05) is 13.7 Å². The average Bonchev–Trinajstić information content (AvgIpc) is 2.29. The molecule has 1 atom stereocenters. The monoisotopic (exact) mass is 237 g/mol. The Bertz CT molecular complexity index is 361. The van der Waals surface area contributed by atoms with Gasteiger partial charge in [0.1, 0.15) is 5.75 Å². The van der Waals surface area contributed by atoms with Crippen molar-refractivity contribution in [3.8, 4) is 5.75 Å².